The Balaban J connectivity index is 2.51. The van der Waals surface area contributed by atoms with Gasteiger partial charge in [-0.05, 0) is 56.5 Å². The second-order valence-corrected chi connectivity index (χ2v) is 5.85. The molecule has 0 aromatic rings. The Labute approximate surface area is 96.8 Å². The molecule has 15 heavy (non-hydrogen) atoms. The lowest BCUT2D eigenvalue weighted by atomic mass is 9.68. The first-order chi connectivity index (χ1) is 7.10. The Morgan fingerprint density at radius 3 is 2.53 bits per heavy atom. The van der Waals surface area contributed by atoms with E-state index in [-0.39, 0.29) is 5.41 Å². The Morgan fingerprint density at radius 2 is 2.07 bits per heavy atom. The molecule has 3 heteroatoms. The van der Waals surface area contributed by atoms with Crippen LogP contribution in [0.25, 0.3) is 0 Å². The first-order valence-electron chi connectivity index (χ1n) is 5.83. The first kappa shape index (κ1) is 12.9. The summed E-state index contributed by atoms with van der Waals surface area (Å²) in [6.07, 6.45) is 7.95. The molecule has 1 fully saturated rings. The Kier molecular flexibility index (Phi) is 4.97. The van der Waals surface area contributed by atoms with Gasteiger partial charge in [0.25, 0.3) is 0 Å². The third-order valence-corrected chi connectivity index (χ3v) is 4.39. The molecule has 1 aliphatic rings. The van der Waals surface area contributed by atoms with Gasteiger partial charge in [-0.25, -0.2) is 0 Å². The third kappa shape index (κ3) is 3.40. The van der Waals surface area contributed by atoms with E-state index in [0.29, 0.717) is 0 Å². The van der Waals surface area contributed by atoms with Gasteiger partial charge in [0.05, 0.1) is 5.41 Å². The van der Waals surface area contributed by atoms with Crippen molar-refractivity contribution in [3.8, 4) is 0 Å². The molecule has 0 aromatic carbocycles. The SMILES string of the molecule is CSCCCC1(C(=O)O)CCC(C)CC1. The quantitative estimate of drug-likeness (QED) is 0.735. The minimum atomic E-state index is -0.560. The minimum absolute atomic E-state index is 0.387. The molecular formula is C12H22O2S. The monoisotopic (exact) mass is 230 g/mol. The molecule has 88 valence electrons. The largest absolute Gasteiger partial charge is 0.481 e. The maximum absolute atomic E-state index is 11.4. The van der Waals surface area contributed by atoms with E-state index in [1.54, 1.807) is 0 Å². The molecule has 0 atom stereocenters. The molecule has 1 rings (SSSR count). The first-order valence-corrected chi connectivity index (χ1v) is 7.22. The molecule has 0 unspecified atom stereocenters. The van der Waals surface area contributed by atoms with Gasteiger partial charge in [-0.15, -0.1) is 0 Å². The van der Waals surface area contributed by atoms with Crippen LogP contribution in [0.5, 0.6) is 0 Å². The molecule has 0 bridgehead atoms. The van der Waals surface area contributed by atoms with Gasteiger partial charge in [0.15, 0.2) is 0 Å². The maximum atomic E-state index is 11.4. The normalized spacial score (nSPS) is 31.5. The number of hydrogen-bond acceptors (Lipinski definition) is 2. The highest BCUT2D eigenvalue weighted by molar-refractivity contribution is 7.98. The van der Waals surface area contributed by atoms with E-state index < -0.39 is 5.97 Å². The number of aliphatic carboxylic acids is 1. The van der Waals surface area contributed by atoms with Crippen LogP contribution >= 0.6 is 11.8 Å². The van der Waals surface area contributed by atoms with Crippen molar-refractivity contribution in [2.24, 2.45) is 11.3 Å². The van der Waals surface area contributed by atoms with Crippen LogP contribution in [-0.4, -0.2) is 23.1 Å². The number of carbonyl (C=O) groups is 1. The van der Waals surface area contributed by atoms with Crippen LogP contribution in [0.15, 0.2) is 0 Å². The summed E-state index contributed by atoms with van der Waals surface area (Å²) in [6.45, 7) is 2.23. The van der Waals surface area contributed by atoms with Crippen molar-refractivity contribution in [2.75, 3.05) is 12.0 Å². The van der Waals surface area contributed by atoms with Crippen molar-refractivity contribution in [3.63, 3.8) is 0 Å². The van der Waals surface area contributed by atoms with Crippen molar-refractivity contribution in [3.05, 3.63) is 0 Å². The van der Waals surface area contributed by atoms with Gasteiger partial charge in [0.2, 0.25) is 0 Å². The van der Waals surface area contributed by atoms with Crippen molar-refractivity contribution in [1.29, 1.82) is 0 Å². The zero-order valence-corrected chi connectivity index (χ0v) is 10.6. The lowest BCUT2D eigenvalue weighted by Gasteiger charge is -2.35. The van der Waals surface area contributed by atoms with Crippen molar-refractivity contribution in [2.45, 2.75) is 45.4 Å². The van der Waals surface area contributed by atoms with E-state index in [9.17, 15) is 9.90 Å². The third-order valence-electron chi connectivity index (χ3n) is 3.69. The summed E-state index contributed by atoms with van der Waals surface area (Å²) >= 11 is 1.81. The van der Waals surface area contributed by atoms with E-state index in [1.165, 1.54) is 0 Å². The van der Waals surface area contributed by atoms with Gasteiger partial charge in [-0.1, -0.05) is 6.92 Å². The highest BCUT2D eigenvalue weighted by Gasteiger charge is 2.40. The summed E-state index contributed by atoms with van der Waals surface area (Å²) in [5, 5.41) is 9.37. The van der Waals surface area contributed by atoms with E-state index in [0.717, 1.165) is 50.2 Å². The molecule has 0 aliphatic heterocycles. The van der Waals surface area contributed by atoms with Gasteiger partial charge in [-0.2, -0.15) is 11.8 Å². The number of hydrogen-bond donors (Lipinski definition) is 1. The van der Waals surface area contributed by atoms with Crippen LogP contribution in [-0.2, 0) is 4.79 Å². The Hall–Kier alpha value is -0.180. The standard InChI is InChI=1S/C12H22O2S/c1-10-4-7-12(8-5-10,11(13)14)6-3-9-15-2/h10H,3-9H2,1-2H3,(H,13,14). The molecule has 0 radical (unpaired) electrons. The lowest BCUT2D eigenvalue weighted by molar-refractivity contribution is -0.152. The predicted molar refractivity (Wildman–Crippen MR) is 65.3 cm³/mol. The number of rotatable bonds is 5. The zero-order chi connectivity index (χ0) is 11.3. The lowest BCUT2D eigenvalue weighted by Crippen LogP contribution is -2.35. The summed E-state index contributed by atoms with van der Waals surface area (Å²) < 4.78 is 0. The zero-order valence-electron chi connectivity index (χ0n) is 9.79. The van der Waals surface area contributed by atoms with Gasteiger partial charge >= 0.3 is 5.97 Å². The molecule has 1 aliphatic carbocycles. The molecule has 0 heterocycles. The van der Waals surface area contributed by atoms with E-state index >= 15 is 0 Å². The number of thioether (sulfide) groups is 1. The van der Waals surface area contributed by atoms with Crippen molar-refractivity contribution < 1.29 is 9.90 Å². The van der Waals surface area contributed by atoms with Gasteiger partial charge in [-0.3, -0.25) is 4.79 Å². The summed E-state index contributed by atoms with van der Waals surface area (Å²) in [6, 6.07) is 0. The minimum Gasteiger partial charge on any atom is -0.481 e. The molecule has 0 saturated heterocycles. The van der Waals surface area contributed by atoms with Gasteiger partial charge < -0.3 is 5.11 Å². The average molecular weight is 230 g/mol. The van der Waals surface area contributed by atoms with Crippen LogP contribution in [0.2, 0.25) is 0 Å². The van der Waals surface area contributed by atoms with Gasteiger partial charge in [0.1, 0.15) is 0 Å². The molecule has 0 amide bonds. The van der Waals surface area contributed by atoms with E-state index in [1.807, 2.05) is 11.8 Å². The van der Waals surface area contributed by atoms with Crippen LogP contribution in [0.1, 0.15) is 45.4 Å². The van der Waals surface area contributed by atoms with Crippen LogP contribution < -0.4 is 0 Å². The summed E-state index contributed by atoms with van der Waals surface area (Å²) in [7, 11) is 0. The Bertz CT molecular complexity index is 208. The molecule has 0 aromatic heterocycles. The second-order valence-electron chi connectivity index (χ2n) is 4.86. The van der Waals surface area contributed by atoms with E-state index in [2.05, 4.69) is 13.2 Å². The highest BCUT2D eigenvalue weighted by atomic mass is 32.2. The van der Waals surface area contributed by atoms with Crippen LogP contribution in [0.3, 0.4) is 0 Å². The van der Waals surface area contributed by atoms with E-state index in [4.69, 9.17) is 0 Å². The fourth-order valence-corrected chi connectivity index (χ4v) is 2.87. The number of carboxylic acids is 1. The van der Waals surface area contributed by atoms with Crippen LogP contribution in [0, 0.1) is 11.3 Å². The number of carboxylic acid groups (broad SMARTS) is 1. The molecule has 2 nitrogen and oxygen atoms in total. The topological polar surface area (TPSA) is 37.3 Å². The summed E-state index contributed by atoms with van der Waals surface area (Å²) in [5.74, 6) is 1.25. The highest BCUT2D eigenvalue weighted by Crippen LogP contribution is 2.42. The summed E-state index contributed by atoms with van der Waals surface area (Å²) in [4.78, 5) is 11.4. The maximum Gasteiger partial charge on any atom is 0.309 e. The summed E-state index contributed by atoms with van der Waals surface area (Å²) in [5.41, 5.74) is -0.387. The molecular weight excluding hydrogens is 208 g/mol. The van der Waals surface area contributed by atoms with Crippen LogP contribution in [0.4, 0.5) is 0 Å². The molecule has 0 spiro atoms. The van der Waals surface area contributed by atoms with Gasteiger partial charge in [0, 0.05) is 0 Å². The fourth-order valence-electron chi connectivity index (χ4n) is 2.44. The van der Waals surface area contributed by atoms with Crippen molar-refractivity contribution in [1.82, 2.24) is 0 Å². The molecule has 1 N–H and O–H groups in total. The predicted octanol–water partition coefficient (Wildman–Crippen LogP) is 3.41. The molecule has 1 saturated carbocycles. The fraction of sp³-hybridized carbons (Fsp3) is 0.917. The smallest absolute Gasteiger partial charge is 0.309 e. The van der Waals surface area contributed by atoms with Crippen molar-refractivity contribution >= 4 is 17.7 Å². The Morgan fingerprint density at radius 1 is 1.47 bits per heavy atom. The average Bonchev–Trinajstić information content (AvgIpc) is 2.21. The second kappa shape index (κ2) is 5.78.